The highest BCUT2D eigenvalue weighted by atomic mass is 32.3. The summed E-state index contributed by atoms with van der Waals surface area (Å²) >= 11 is 0. The van der Waals surface area contributed by atoms with Crippen LogP contribution in [-0.2, 0) is 0 Å². The lowest BCUT2D eigenvalue weighted by Gasteiger charge is -2.31. The molecule has 0 aromatic carbocycles. The Morgan fingerprint density at radius 3 is 2.67 bits per heavy atom. The molecule has 0 radical (unpaired) electrons. The smallest absolute Gasteiger partial charge is 0.129 e. The fourth-order valence-corrected chi connectivity index (χ4v) is 1.79. The van der Waals surface area contributed by atoms with Crippen molar-refractivity contribution in [1.29, 1.82) is 0 Å². The molecule has 0 saturated carbocycles. The molecule has 0 aromatic heterocycles. The third-order valence-electron chi connectivity index (χ3n) is 1.98. The molecule has 0 saturated heterocycles. The molecule has 1 aliphatic rings. The van der Waals surface area contributed by atoms with Gasteiger partial charge in [-0.2, -0.15) is 10.2 Å². The lowest BCUT2D eigenvalue weighted by molar-refractivity contribution is 1.17. The van der Waals surface area contributed by atoms with Gasteiger partial charge in [0.15, 0.2) is 0 Å². The summed E-state index contributed by atoms with van der Waals surface area (Å²) in [5, 5.41) is 0. The standard InChI is InChI=1S/C9H18N2S/c1-5-12(3,4)11-9-6-8(2)7-10-9/h6H,5,7H2,1-4H3,(H,10,11). The van der Waals surface area contributed by atoms with E-state index in [1.807, 2.05) is 0 Å². The second-order valence-electron chi connectivity index (χ2n) is 3.62. The predicted molar refractivity (Wildman–Crippen MR) is 59.2 cm³/mol. The molecule has 2 nitrogen and oxygen atoms in total. The van der Waals surface area contributed by atoms with Crippen molar-refractivity contribution in [2.45, 2.75) is 13.8 Å². The van der Waals surface area contributed by atoms with Crippen LogP contribution >= 0.6 is 10.2 Å². The molecule has 12 heavy (non-hydrogen) atoms. The zero-order valence-electron chi connectivity index (χ0n) is 8.35. The van der Waals surface area contributed by atoms with Crippen LogP contribution in [0.25, 0.3) is 0 Å². The molecule has 0 atom stereocenters. The van der Waals surface area contributed by atoms with Crippen LogP contribution in [0.4, 0.5) is 0 Å². The van der Waals surface area contributed by atoms with Gasteiger partial charge in [0.1, 0.15) is 5.84 Å². The third kappa shape index (κ3) is 2.55. The quantitative estimate of drug-likeness (QED) is 0.700. The minimum absolute atomic E-state index is 0.652. The number of nitrogens with zero attached hydrogens (tertiary/aromatic N) is 1. The zero-order valence-corrected chi connectivity index (χ0v) is 9.16. The zero-order chi connectivity index (χ0) is 9.19. The van der Waals surface area contributed by atoms with Crippen molar-refractivity contribution < 1.29 is 0 Å². The van der Waals surface area contributed by atoms with Gasteiger partial charge in [-0.05, 0) is 36.8 Å². The molecule has 1 aliphatic heterocycles. The lowest BCUT2D eigenvalue weighted by atomic mass is 10.3. The maximum atomic E-state index is 4.38. The van der Waals surface area contributed by atoms with Gasteiger partial charge in [0.2, 0.25) is 0 Å². The predicted octanol–water partition coefficient (Wildman–Crippen LogP) is 1.93. The van der Waals surface area contributed by atoms with Gasteiger partial charge in [0, 0.05) is 0 Å². The van der Waals surface area contributed by atoms with Crippen molar-refractivity contribution in [3.63, 3.8) is 0 Å². The van der Waals surface area contributed by atoms with E-state index in [1.165, 1.54) is 11.3 Å². The molecule has 70 valence electrons. The summed E-state index contributed by atoms with van der Waals surface area (Å²) in [7, 11) is -0.652. The van der Waals surface area contributed by atoms with Gasteiger partial charge in [0.25, 0.3) is 0 Å². The average Bonchev–Trinajstić information content (AvgIpc) is 2.35. The summed E-state index contributed by atoms with van der Waals surface area (Å²) in [5.74, 6) is 2.27. The van der Waals surface area contributed by atoms with E-state index in [4.69, 9.17) is 0 Å². The largest absolute Gasteiger partial charge is 0.333 e. The van der Waals surface area contributed by atoms with Crippen LogP contribution in [0.1, 0.15) is 13.8 Å². The maximum Gasteiger partial charge on any atom is 0.129 e. The van der Waals surface area contributed by atoms with Crippen LogP contribution in [0.2, 0.25) is 0 Å². The normalized spacial score (nSPS) is 18.7. The summed E-state index contributed by atoms with van der Waals surface area (Å²) < 4.78 is 3.49. The number of hydrogen-bond acceptors (Lipinski definition) is 2. The Kier molecular flexibility index (Phi) is 2.83. The van der Waals surface area contributed by atoms with Crippen LogP contribution in [0.3, 0.4) is 0 Å². The fraction of sp³-hybridized carbons (Fsp3) is 0.667. The van der Waals surface area contributed by atoms with Crippen LogP contribution in [0.5, 0.6) is 0 Å². The second kappa shape index (κ2) is 3.52. The minimum Gasteiger partial charge on any atom is -0.333 e. The van der Waals surface area contributed by atoms with E-state index < -0.39 is 10.2 Å². The molecule has 3 heteroatoms. The van der Waals surface area contributed by atoms with E-state index in [0.717, 1.165) is 12.4 Å². The molecule has 0 spiro atoms. The van der Waals surface area contributed by atoms with Gasteiger partial charge in [-0.15, -0.1) is 0 Å². The summed E-state index contributed by atoms with van der Waals surface area (Å²) in [6.45, 7) is 5.21. The van der Waals surface area contributed by atoms with Crippen LogP contribution in [-0.4, -0.2) is 30.6 Å². The first-order valence-electron chi connectivity index (χ1n) is 4.24. The Hall–Kier alpha value is -0.440. The minimum atomic E-state index is -0.652. The van der Waals surface area contributed by atoms with E-state index in [2.05, 4.69) is 42.1 Å². The second-order valence-corrected chi connectivity index (χ2v) is 7.48. The van der Waals surface area contributed by atoms with Gasteiger partial charge in [-0.3, -0.25) is 4.99 Å². The molecule has 0 fully saturated rings. The van der Waals surface area contributed by atoms with Gasteiger partial charge in [-0.1, -0.05) is 6.92 Å². The Balaban J connectivity index is 2.53. The van der Waals surface area contributed by atoms with Crippen molar-refractivity contribution in [3.05, 3.63) is 11.6 Å². The molecule has 1 rings (SSSR count). The van der Waals surface area contributed by atoms with E-state index in [1.54, 1.807) is 0 Å². The SMILES string of the molecule is CCS(C)(C)NC1=NCC(C)=C1. The number of nitrogens with one attached hydrogen (secondary N) is 1. The Bertz CT molecular complexity index is 229. The molecule has 0 aliphatic carbocycles. The topological polar surface area (TPSA) is 24.4 Å². The number of amidine groups is 1. The van der Waals surface area contributed by atoms with Gasteiger partial charge < -0.3 is 4.72 Å². The molecule has 0 unspecified atom stereocenters. The van der Waals surface area contributed by atoms with Crippen molar-refractivity contribution in [2.24, 2.45) is 4.99 Å². The van der Waals surface area contributed by atoms with Gasteiger partial charge in [0.05, 0.1) is 6.54 Å². The molecular formula is C9H18N2S. The molecule has 1 N–H and O–H groups in total. The van der Waals surface area contributed by atoms with Crippen LogP contribution < -0.4 is 4.72 Å². The number of rotatable bonds is 2. The fourth-order valence-electron chi connectivity index (χ4n) is 0.952. The first-order valence-corrected chi connectivity index (χ1v) is 6.86. The van der Waals surface area contributed by atoms with Crippen molar-refractivity contribution >= 4 is 16.0 Å². The first-order chi connectivity index (χ1) is 5.53. The Labute approximate surface area is 76.6 Å². The Morgan fingerprint density at radius 2 is 2.25 bits per heavy atom. The Morgan fingerprint density at radius 1 is 1.58 bits per heavy atom. The maximum absolute atomic E-state index is 4.38. The summed E-state index contributed by atoms with van der Waals surface area (Å²) in [4.78, 5) is 4.38. The van der Waals surface area contributed by atoms with Gasteiger partial charge >= 0.3 is 0 Å². The van der Waals surface area contributed by atoms with Crippen LogP contribution in [0.15, 0.2) is 16.6 Å². The number of hydrogen-bond donors (Lipinski definition) is 1. The van der Waals surface area contributed by atoms with Crippen molar-refractivity contribution in [2.75, 3.05) is 24.8 Å². The molecule has 0 amide bonds. The highest BCUT2D eigenvalue weighted by molar-refractivity contribution is 8.31. The number of aliphatic imine (C=N–C) groups is 1. The summed E-state index contributed by atoms with van der Waals surface area (Å²) in [6, 6.07) is 0. The molecule has 1 heterocycles. The highest BCUT2D eigenvalue weighted by Gasteiger charge is 2.11. The van der Waals surface area contributed by atoms with Crippen molar-refractivity contribution in [3.8, 4) is 0 Å². The van der Waals surface area contributed by atoms with E-state index in [0.29, 0.717) is 0 Å². The third-order valence-corrected chi connectivity index (χ3v) is 4.19. The summed E-state index contributed by atoms with van der Waals surface area (Å²) in [6.07, 6.45) is 6.69. The summed E-state index contributed by atoms with van der Waals surface area (Å²) in [5.41, 5.74) is 1.35. The van der Waals surface area contributed by atoms with Crippen LogP contribution in [0, 0.1) is 0 Å². The molecule has 0 bridgehead atoms. The van der Waals surface area contributed by atoms with E-state index >= 15 is 0 Å². The monoisotopic (exact) mass is 186 g/mol. The van der Waals surface area contributed by atoms with Gasteiger partial charge in [-0.25, -0.2) is 0 Å². The highest BCUT2D eigenvalue weighted by Crippen LogP contribution is 2.34. The van der Waals surface area contributed by atoms with E-state index in [-0.39, 0.29) is 0 Å². The molecular weight excluding hydrogens is 168 g/mol. The first kappa shape index (κ1) is 9.65. The lowest BCUT2D eigenvalue weighted by Crippen LogP contribution is -2.25. The average molecular weight is 186 g/mol. The van der Waals surface area contributed by atoms with Crippen molar-refractivity contribution in [1.82, 2.24) is 4.72 Å². The van der Waals surface area contributed by atoms with E-state index in [9.17, 15) is 0 Å². The molecule has 0 aromatic rings.